The van der Waals surface area contributed by atoms with Gasteiger partial charge >= 0.3 is 6.18 Å². The lowest BCUT2D eigenvalue weighted by Gasteiger charge is -2.31. The van der Waals surface area contributed by atoms with Gasteiger partial charge in [0, 0.05) is 13.1 Å². The molecular formula is C16H18F3NO3. The van der Waals surface area contributed by atoms with Crippen LogP contribution in [-0.2, 0) is 6.18 Å². The number of halogens is 3. The largest absolute Gasteiger partial charge is 0.417 e. The molecule has 2 fully saturated rings. The van der Waals surface area contributed by atoms with Crippen LogP contribution in [0.15, 0.2) is 24.3 Å². The van der Waals surface area contributed by atoms with Gasteiger partial charge in [-0.1, -0.05) is 12.1 Å². The molecular weight excluding hydrogens is 311 g/mol. The average molecular weight is 329 g/mol. The van der Waals surface area contributed by atoms with Crippen LogP contribution in [0.1, 0.15) is 28.8 Å². The Kier molecular flexibility index (Phi) is 4.10. The predicted molar refractivity (Wildman–Crippen MR) is 75.6 cm³/mol. The third-order valence-corrected chi connectivity index (χ3v) is 4.86. The Labute approximate surface area is 131 Å². The highest BCUT2D eigenvalue weighted by Gasteiger charge is 2.44. The number of likely N-dealkylation sites (tertiary alicyclic amines) is 1. The third-order valence-electron chi connectivity index (χ3n) is 4.86. The van der Waals surface area contributed by atoms with Crippen molar-refractivity contribution in [2.24, 2.45) is 11.8 Å². The summed E-state index contributed by atoms with van der Waals surface area (Å²) >= 11 is 0. The van der Waals surface area contributed by atoms with Crippen LogP contribution >= 0.6 is 0 Å². The van der Waals surface area contributed by atoms with Crippen molar-refractivity contribution in [3.05, 3.63) is 35.4 Å². The lowest BCUT2D eigenvalue weighted by atomic mass is 9.79. The molecule has 1 saturated carbocycles. The van der Waals surface area contributed by atoms with Gasteiger partial charge in [-0.05, 0) is 36.8 Å². The summed E-state index contributed by atoms with van der Waals surface area (Å²) in [6.45, 7) is 0.638. The molecule has 2 aliphatic rings. The van der Waals surface area contributed by atoms with Gasteiger partial charge in [0.25, 0.3) is 5.91 Å². The zero-order chi connectivity index (χ0) is 16.8. The highest BCUT2D eigenvalue weighted by atomic mass is 19.4. The van der Waals surface area contributed by atoms with Crippen LogP contribution in [0.25, 0.3) is 0 Å². The number of alkyl halides is 3. The summed E-state index contributed by atoms with van der Waals surface area (Å²) in [6.07, 6.45) is -5.49. The first kappa shape index (κ1) is 16.3. The highest BCUT2D eigenvalue weighted by molar-refractivity contribution is 5.96. The van der Waals surface area contributed by atoms with E-state index in [0.717, 1.165) is 6.07 Å². The van der Waals surface area contributed by atoms with Gasteiger partial charge in [-0.15, -0.1) is 0 Å². The maximum absolute atomic E-state index is 13.1. The van der Waals surface area contributed by atoms with E-state index in [1.165, 1.54) is 23.1 Å². The van der Waals surface area contributed by atoms with Gasteiger partial charge < -0.3 is 15.1 Å². The van der Waals surface area contributed by atoms with Gasteiger partial charge in [-0.25, -0.2) is 0 Å². The fraction of sp³-hybridized carbons (Fsp3) is 0.562. The molecule has 3 rings (SSSR count). The van der Waals surface area contributed by atoms with Crippen LogP contribution < -0.4 is 0 Å². The van der Waals surface area contributed by atoms with Crippen molar-refractivity contribution < 1.29 is 28.2 Å². The van der Waals surface area contributed by atoms with Crippen LogP contribution in [0.4, 0.5) is 13.2 Å². The number of rotatable bonds is 1. The topological polar surface area (TPSA) is 60.8 Å². The smallest absolute Gasteiger partial charge is 0.390 e. The standard InChI is InChI=1S/C16H18F3NO3/c17-16(18,19)12-4-2-1-3-11(12)15(23)20-7-9-5-13(21)14(22)6-10(9)8-20/h1-4,9-10,13-14,21-22H,5-8H2/t9-,10+,13-,14-/m0/s1. The first-order chi connectivity index (χ1) is 10.8. The summed E-state index contributed by atoms with van der Waals surface area (Å²) in [5.41, 5.74) is -1.28. The number of nitrogens with zero attached hydrogens (tertiary/aromatic N) is 1. The van der Waals surface area contributed by atoms with Crippen LogP contribution in [0.2, 0.25) is 0 Å². The van der Waals surface area contributed by atoms with Crippen LogP contribution in [0.3, 0.4) is 0 Å². The molecule has 0 spiro atoms. The summed E-state index contributed by atoms with van der Waals surface area (Å²) in [5, 5.41) is 19.4. The van der Waals surface area contributed by atoms with Gasteiger partial charge in [0.15, 0.2) is 0 Å². The third kappa shape index (κ3) is 3.07. The van der Waals surface area contributed by atoms with E-state index in [1.807, 2.05) is 0 Å². The summed E-state index contributed by atoms with van der Waals surface area (Å²) in [7, 11) is 0. The Morgan fingerprint density at radius 3 is 2.09 bits per heavy atom. The minimum Gasteiger partial charge on any atom is -0.390 e. The molecule has 4 atom stereocenters. The molecule has 1 heterocycles. The van der Waals surface area contributed by atoms with E-state index in [9.17, 15) is 28.2 Å². The molecule has 0 bridgehead atoms. The Balaban J connectivity index is 1.81. The van der Waals surface area contributed by atoms with Gasteiger partial charge in [-0.3, -0.25) is 4.79 Å². The summed E-state index contributed by atoms with van der Waals surface area (Å²) in [5.74, 6) is -0.595. The van der Waals surface area contributed by atoms with Gasteiger partial charge in [0.05, 0.1) is 23.3 Å². The molecule has 126 valence electrons. The van der Waals surface area contributed by atoms with Crippen molar-refractivity contribution in [1.82, 2.24) is 4.90 Å². The summed E-state index contributed by atoms with van der Waals surface area (Å²) in [6, 6.07) is 4.77. The maximum atomic E-state index is 13.1. The van der Waals surface area contributed by atoms with Crippen LogP contribution in [0, 0.1) is 11.8 Å². The molecule has 0 aromatic heterocycles. The Bertz CT molecular complexity index is 586. The first-order valence-electron chi connectivity index (χ1n) is 7.59. The average Bonchev–Trinajstić information content (AvgIpc) is 2.89. The number of carbonyl (C=O) groups excluding carboxylic acids is 1. The minimum absolute atomic E-state index is 0.0235. The number of hydrogen-bond acceptors (Lipinski definition) is 3. The monoisotopic (exact) mass is 329 g/mol. The predicted octanol–water partition coefficient (Wildman–Crippen LogP) is 1.91. The highest BCUT2D eigenvalue weighted by Crippen LogP contribution is 2.38. The Hall–Kier alpha value is -1.60. The second-order valence-corrected chi connectivity index (χ2v) is 6.38. The second-order valence-electron chi connectivity index (χ2n) is 6.38. The lowest BCUT2D eigenvalue weighted by Crippen LogP contribution is -2.38. The zero-order valence-corrected chi connectivity index (χ0v) is 12.3. The fourth-order valence-electron chi connectivity index (χ4n) is 3.66. The molecule has 1 aliphatic heterocycles. The van der Waals surface area contributed by atoms with E-state index in [0.29, 0.717) is 25.9 Å². The maximum Gasteiger partial charge on any atom is 0.417 e. The first-order valence-corrected chi connectivity index (χ1v) is 7.59. The molecule has 2 N–H and O–H groups in total. The molecule has 0 unspecified atom stereocenters. The van der Waals surface area contributed by atoms with E-state index in [1.54, 1.807) is 0 Å². The number of amides is 1. The van der Waals surface area contributed by atoms with E-state index in [2.05, 4.69) is 0 Å². The van der Waals surface area contributed by atoms with Crippen molar-refractivity contribution in [2.75, 3.05) is 13.1 Å². The van der Waals surface area contributed by atoms with Crippen molar-refractivity contribution in [1.29, 1.82) is 0 Å². The molecule has 1 aliphatic carbocycles. The molecule has 1 aromatic carbocycles. The fourth-order valence-corrected chi connectivity index (χ4v) is 3.66. The number of hydrogen-bond donors (Lipinski definition) is 2. The molecule has 0 radical (unpaired) electrons. The Morgan fingerprint density at radius 2 is 1.57 bits per heavy atom. The van der Waals surface area contributed by atoms with Crippen LogP contribution in [0.5, 0.6) is 0 Å². The van der Waals surface area contributed by atoms with E-state index in [4.69, 9.17) is 0 Å². The van der Waals surface area contributed by atoms with Gasteiger partial charge in [-0.2, -0.15) is 13.2 Å². The molecule has 1 amide bonds. The lowest BCUT2D eigenvalue weighted by molar-refractivity contribution is -0.138. The van der Waals surface area contributed by atoms with Gasteiger partial charge in [0.1, 0.15) is 0 Å². The molecule has 1 saturated heterocycles. The molecule has 1 aromatic rings. The van der Waals surface area contributed by atoms with E-state index in [-0.39, 0.29) is 17.4 Å². The SMILES string of the molecule is O=C(c1ccccc1C(F)(F)F)N1C[C@H]2C[C@H](O)[C@@H](O)C[C@H]2C1. The Morgan fingerprint density at radius 1 is 1.04 bits per heavy atom. The minimum atomic E-state index is -4.58. The number of aliphatic hydroxyl groups is 2. The number of benzene rings is 1. The van der Waals surface area contributed by atoms with Gasteiger partial charge in [0.2, 0.25) is 0 Å². The quantitative estimate of drug-likeness (QED) is 0.827. The number of fused-ring (bicyclic) bond motifs is 1. The van der Waals surface area contributed by atoms with Crippen molar-refractivity contribution >= 4 is 5.91 Å². The normalized spacial score (nSPS) is 31.1. The van der Waals surface area contributed by atoms with Crippen molar-refractivity contribution in [3.63, 3.8) is 0 Å². The molecule has 4 nitrogen and oxygen atoms in total. The van der Waals surface area contributed by atoms with E-state index < -0.39 is 29.9 Å². The number of carbonyl (C=O) groups is 1. The zero-order valence-electron chi connectivity index (χ0n) is 12.3. The molecule has 7 heteroatoms. The summed E-state index contributed by atoms with van der Waals surface area (Å²) in [4.78, 5) is 13.9. The number of aliphatic hydroxyl groups excluding tert-OH is 2. The van der Waals surface area contributed by atoms with E-state index >= 15 is 0 Å². The van der Waals surface area contributed by atoms with Crippen LogP contribution in [-0.4, -0.2) is 46.3 Å². The molecule has 23 heavy (non-hydrogen) atoms. The van der Waals surface area contributed by atoms with Crippen molar-refractivity contribution in [3.8, 4) is 0 Å². The van der Waals surface area contributed by atoms with Crippen molar-refractivity contribution in [2.45, 2.75) is 31.2 Å². The summed E-state index contributed by atoms with van der Waals surface area (Å²) < 4.78 is 39.2. The second kappa shape index (κ2) is 5.79.